The fraction of sp³-hybridized carbons (Fsp3) is 0.411. The molecular formula is C107H132N8O11S. The summed E-state index contributed by atoms with van der Waals surface area (Å²) in [6, 6.07) is 50.3. The molecule has 0 saturated heterocycles. The number of aliphatic imine (C=N–C) groups is 1. The summed E-state index contributed by atoms with van der Waals surface area (Å²) in [7, 11) is 7.38. The van der Waals surface area contributed by atoms with Gasteiger partial charge in [-0.2, -0.15) is 0 Å². The van der Waals surface area contributed by atoms with E-state index in [1.165, 1.54) is 163 Å². The van der Waals surface area contributed by atoms with Crippen LogP contribution >= 0.6 is 0 Å². The van der Waals surface area contributed by atoms with Crippen LogP contribution in [0.25, 0.3) is 5.57 Å². The van der Waals surface area contributed by atoms with E-state index in [0.717, 1.165) is 115 Å². The zero-order chi connectivity index (χ0) is 90.6. The first-order valence-electron chi connectivity index (χ1n) is 45.4. The minimum absolute atomic E-state index is 0.0637. The Hall–Kier alpha value is -11.6. The molecule has 0 radical (unpaired) electrons. The second-order valence-corrected chi connectivity index (χ2v) is 39.2. The van der Waals surface area contributed by atoms with Gasteiger partial charge in [-0.1, -0.05) is 149 Å². The first-order chi connectivity index (χ1) is 60.9. The number of anilines is 5. The number of hydrogen-bond donors (Lipinski definition) is 5. The van der Waals surface area contributed by atoms with Crippen LogP contribution in [0.15, 0.2) is 185 Å². The lowest BCUT2D eigenvalue weighted by atomic mass is 9.87. The number of nitrogens with one attached hydrogen (secondary N) is 5. The average Bonchev–Trinajstić information content (AvgIpc) is 1.79. The molecule has 8 aromatic carbocycles. The number of hydrogen-bond acceptors (Lipinski definition) is 13. The second kappa shape index (κ2) is 43.2. The SMILES string of the molecule is C=S(=O)(Nc1cc2c(cc1OC)CCCCC2)c1ccc(C(C)(C)C)cc1.COc1cc2c(cc1C(=O)Nc1ccc(C(C)(C)C)cc1)CCCCC2.COc1cc2c(cc1NC(=O)C1=NCC(c3ccccc3)=C1)CCCCC2.COc1cc2c(cc1NC(=O)c1ccc(C(C)(C)C)o1)CCCCC2.COc1cc2c(cc1NC(=O)c1cn(C)cn1)CCCCC2. The molecule has 5 aliphatic carbocycles. The summed E-state index contributed by atoms with van der Waals surface area (Å²) >= 11 is 0. The normalized spacial score (nSPS) is 15.2. The number of methoxy groups -OCH3 is 5. The Bertz CT molecular complexity index is 5680. The predicted octanol–water partition coefficient (Wildman–Crippen LogP) is 23.4. The van der Waals surface area contributed by atoms with E-state index in [-0.39, 0.29) is 39.9 Å². The van der Waals surface area contributed by atoms with E-state index in [2.05, 4.69) is 171 Å². The molecule has 0 fully saturated rings. The standard InChI is InChI=1S/C23H24N2O2.C23H31NO2S.C23H29NO2.C21H27NO3.C17H21N3O2/c1-27-22-14-18-11-7-3-6-10-17(18)12-20(22)25-23(26)21-13-19(15-24-21)16-8-4-2-5-9-16;1-23(2,3)19-11-13-20(14-12-19)27(5,25)24-21-15-17-9-7-6-8-10-18(17)16-22(21)26-4;1-23(2,3)18-10-12-19(13-11-18)24-22(25)20-14-16-8-6-5-7-9-17(16)15-21(20)26-4;1-21(2,3)19-11-10-17(25-19)20(23)22-16-12-14-8-6-5-7-9-15(14)13-18(16)24-4;1-20-10-15(18-11-20)17(21)19-14-8-12-6-4-3-5-7-13(12)9-16(14)22-2/h2,4-5,8-9,12-14H,3,6-7,10-11,15H2,1H3,(H,25,26);11-16H,5-10H2,1-4H3,(H,24,25);10-15H,5-9H2,1-4H3,(H,24,25);10-13H,5-9H2,1-4H3,(H,22,23);8-11H,3-7H2,1-2H3,(H,19,21). The van der Waals surface area contributed by atoms with Crippen molar-refractivity contribution in [2.45, 2.75) is 244 Å². The van der Waals surface area contributed by atoms with Crippen molar-refractivity contribution in [2.24, 2.45) is 12.0 Å². The summed E-state index contributed by atoms with van der Waals surface area (Å²) < 4.78 is 51.6. The number of nitrogens with zero attached hydrogens (tertiary/aromatic N) is 3. The van der Waals surface area contributed by atoms with Gasteiger partial charge in [0, 0.05) is 29.2 Å². The van der Waals surface area contributed by atoms with Crippen molar-refractivity contribution >= 4 is 78.9 Å². The molecule has 2 aromatic heterocycles. The maximum absolute atomic E-state index is 13.3. The number of benzene rings is 8. The second-order valence-electron chi connectivity index (χ2n) is 37.2. The number of imidazole rings is 1. The van der Waals surface area contributed by atoms with Crippen LogP contribution in [0.2, 0.25) is 0 Å². The third-order valence-electron chi connectivity index (χ3n) is 24.6. The van der Waals surface area contributed by atoms with E-state index in [0.29, 0.717) is 57.1 Å². The summed E-state index contributed by atoms with van der Waals surface area (Å²) in [6.45, 7) is 19.8. The monoisotopic (exact) mass is 1740 g/mol. The Morgan fingerprint density at radius 1 is 0.409 bits per heavy atom. The molecule has 19 nitrogen and oxygen atoms in total. The number of fused-ring (bicyclic) bond motifs is 5. The number of rotatable bonds is 17. The molecule has 10 aromatic rings. The summed E-state index contributed by atoms with van der Waals surface area (Å²) in [5, 5.41) is 11.9. The average molecular weight is 1740 g/mol. The Morgan fingerprint density at radius 3 is 1.18 bits per heavy atom. The van der Waals surface area contributed by atoms with Crippen molar-refractivity contribution in [1.82, 2.24) is 9.55 Å². The van der Waals surface area contributed by atoms with Gasteiger partial charge in [0.1, 0.15) is 45.9 Å². The van der Waals surface area contributed by atoms with Crippen LogP contribution in [0.5, 0.6) is 28.7 Å². The fourth-order valence-corrected chi connectivity index (χ4v) is 18.3. The third kappa shape index (κ3) is 25.4. The van der Waals surface area contributed by atoms with Crippen molar-refractivity contribution in [2.75, 3.05) is 68.1 Å². The van der Waals surface area contributed by atoms with Gasteiger partial charge in [0.15, 0.2) is 5.76 Å². The maximum Gasteiger partial charge on any atom is 0.291 e. The number of amides is 4. The Balaban J connectivity index is 0.000000144. The van der Waals surface area contributed by atoms with Crippen molar-refractivity contribution < 1.29 is 51.5 Å². The van der Waals surface area contributed by atoms with E-state index < -0.39 is 9.71 Å². The number of furan rings is 1. The van der Waals surface area contributed by atoms with Crippen molar-refractivity contribution in [1.29, 1.82) is 0 Å². The molecule has 16 rings (SSSR count). The van der Waals surface area contributed by atoms with Crippen LogP contribution in [0.3, 0.4) is 0 Å². The largest absolute Gasteiger partial charge is 0.496 e. The third-order valence-corrected chi connectivity index (χ3v) is 26.1. The summed E-state index contributed by atoms with van der Waals surface area (Å²) in [5.41, 5.74) is 23.1. The molecule has 5 N–H and O–H groups in total. The van der Waals surface area contributed by atoms with E-state index in [1.54, 1.807) is 58.7 Å². The molecule has 672 valence electrons. The van der Waals surface area contributed by atoms with Gasteiger partial charge in [0.05, 0.1) is 86.4 Å². The van der Waals surface area contributed by atoms with Crippen LogP contribution in [0.1, 0.15) is 268 Å². The highest BCUT2D eigenvalue weighted by Crippen LogP contribution is 2.40. The first-order valence-corrected chi connectivity index (χ1v) is 47.1. The molecule has 4 amide bonds. The molecule has 1 unspecified atom stereocenters. The maximum atomic E-state index is 13.3. The number of carbonyl (C=O) groups excluding carboxylic acids is 4. The van der Waals surface area contributed by atoms with Gasteiger partial charge in [-0.25, -0.2) is 9.19 Å². The molecule has 3 heterocycles. The Kier molecular flexibility index (Phi) is 32.2. The minimum atomic E-state index is -2.67. The van der Waals surface area contributed by atoms with Gasteiger partial charge in [0.2, 0.25) is 0 Å². The summed E-state index contributed by atoms with van der Waals surface area (Å²) in [4.78, 5) is 59.7. The number of aryl methyl sites for hydroxylation is 11. The zero-order valence-corrected chi connectivity index (χ0v) is 78.3. The number of aromatic nitrogens is 2. The minimum Gasteiger partial charge on any atom is -0.496 e. The topological polar surface area (TPSA) is 235 Å². The smallest absolute Gasteiger partial charge is 0.291 e. The van der Waals surface area contributed by atoms with Gasteiger partial charge in [-0.05, 0) is 326 Å². The number of ether oxygens (including phenoxy) is 5. The lowest BCUT2D eigenvalue weighted by Gasteiger charge is -2.21. The van der Waals surface area contributed by atoms with Crippen molar-refractivity contribution in [3.05, 3.63) is 265 Å². The van der Waals surface area contributed by atoms with Crippen LogP contribution in [0.4, 0.5) is 28.4 Å². The predicted molar refractivity (Wildman–Crippen MR) is 519 cm³/mol. The van der Waals surface area contributed by atoms with Crippen LogP contribution in [-0.2, 0) is 102 Å². The van der Waals surface area contributed by atoms with Crippen molar-refractivity contribution in [3.63, 3.8) is 0 Å². The molecule has 0 bridgehead atoms. The lowest BCUT2D eigenvalue weighted by molar-refractivity contribution is -0.110. The summed E-state index contributed by atoms with van der Waals surface area (Å²) in [6.07, 6.45) is 34.2. The van der Waals surface area contributed by atoms with E-state index in [1.807, 2.05) is 92.0 Å². The quantitative estimate of drug-likeness (QED) is 0.0423. The molecule has 1 aliphatic heterocycles. The van der Waals surface area contributed by atoms with Gasteiger partial charge < -0.3 is 58.7 Å². The van der Waals surface area contributed by atoms with E-state index in [9.17, 15) is 23.4 Å². The molecule has 20 heteroatoms. The van der Waals surface area contributed by atoms with Gasteiger partial charge in [-0.3, -0.25) is 24.2 Å². The van der Waals surface area contributed by atoms with E-state index in [4.69, 9.17) is 28.1 Å². The lowest BCUT2D eigenvalue weighted by Crippen LogP contribution is -2.21. The van der Waals surface area contributed by atoms with Crippen LogP contribution < -0.4 is 49.7 Å². The first kappa shape index (κ1) is 94.5. The van der Waals surface area contributed by atoms with E-state index >= 15 is 0 Å². The van der Waals surface area contributed by atoms with Gasteiger partial charge >= 0.3 is 0 Å². The summed E-state index contributed by atoms with van der Waals surface area (Å²) in [5.74, 6) is 7.88. The van der Waals surface area contributed by atoms with Crippen LogP contribution in [-0.4, -0.2) is 91.1 Å². The Morgan fingerprint density at radius 2 is 0.787 bits per heavy atom. The number of carbonyl (C=O) groups is 4. The van der Waals surface area contributed by atoms with Gasteiger partial charge in [0.25, 0.3) is 23.6 Å². The van der Waals surface area contributed by atoms with Crippen LogP contribution in [0, 0.1) is 0 Å². The highest BCUT2D eigenvalue weighted by atomic mass is 32.2. The molecule has 127 heavy (non-hydrogen) atoms. The zero-order valence-electron chi connectivity index (χ0n) is 77.5. The molecule has 1 atom stereocenters. The van der Waals surface area contributed by atoms with Gasteiger partial charge in [-0.15, -0.1) is 0 Å². The molecular weight excluding hydrogens is 1610 g/mol. The molecule has 0 spiro atoms. The van der Waals surface area contributed by atoms with Crippen molar-refractivity contribution in [3.8, 4) is 28.7 Å². The molecule has 0 saturated carbocycles. The highest BCUT2D eigenvalue weighted by Gasteiger charge is 2.27. The fourth-order valence-electron chi connectivity index (χ4n) is 17.1. The molecule has 6 aliphatic rings. The Labute approximate surface area is 753 Å². The highest BCUT2D eigenvalue weighted by molar-refractivity contribution is 8.01.